The van der Waals surface area contributed by atoms with Crippen molar-refractivity contribution < 1.29 is 121 Å². The summed E-state index contributed by atoms with van der Waals surface area (Å²) < 4.78 is 43.3. The van der Waals surface area contributed by atoms with E-state index < -0.39 is 71.4 Å². The number of nitrogens with one attached hydrogen (secondary N) is 5. The molecule has 0 bridgehead atoms. The third-order valence-corrected chi connectivity index (χ3v) is 18.3. The van der Waals surface area contributed by atoms with Gasteiger partial charge in [-0.05, 0) is 81.9 Å². The Hall–Kier alpha value is -8.12. The number of carbonyl (C=O) groups is 13. The monoisotopic (exact) mass is 1610 g/mol. The Balaban J connectivity index is 2.01. The second kappa shape index (κ2) is 68.3. The highest BCUT2D eigenvalue weighted by Gasteiger charge is 2.34. The number of hydrogen-bond acceptors (Lipinski definition) is 23. The third kappa shape index (κ3) is 60.2. The lowest BCUT2D eigenvalue weighted by atomic mass is 9.80. The summed E-state index contributed by atoms with van der Waals surface area (Å²) in [6.07, 6.45) is 17.9. The van der Waals surface area contributed by atoms with Crippen LogP contribution in [0.3, 0.4) is 0 Å². The summed E-state index contributed by atoms with van der Waals surface area (Å²) in [5, 5.41) is 50.9. The smallest absolute Gasteiger partial charge is 0.326 e. The number of aromatic hydroxyl groups is 1. The molecule has 0 saturated heterocycles. The predicted octanol–water partition coefficient (Wildman–Crippen LogP) is 4.88. The van der Waals surface area contributed by atoms with E-state index in [1.807, 2.05) is 0 Å². The van der Waals surface area contributed by atoms with E-state index in [1.165, 1.54) is 37.8 Å². The van der Waals surface area contributed by atoms with Gasteiger partial charge in [0, 0.05) is 109 Å². The van der Waals surface area contributed by atoms with Gasteiger partial charge in [0.25, 0.3) is 0 Å². The van der Waals surface area contributed by atoms with Gasteiger partial charge in [-0.3, -0.25) is 62.5 Å². The van der Waals surface area contributed by atoms with Gasteiger partial charge in [-0.1, -0.05) is 109 Å². The van der Waals surface area contributed by atoms with Crippen LogP contribution in [-0.2, 0) is 107 Å². The molecule has 0 saturated carbocycles. The van der Waals surface area contributed by atoms with Crippen LogP contribution in [0.15, 0.2) is 29.3 Å². The van der Waals surface area contributed by atoms with Crippen LogP contribution in [0.5, 0.6) is 5.75 Å². The molecule has 0 fully saturated rings. The maximum atomic E-state index is 13.6. The molecule has 0 aliphatic rings. The van der Waals surface area contributed by atoms with Crippen LogP contribution in [0.25, 0.3) is 0 Å². The van der Waals surface area contributed by atoms with Gasteiger partial charge in [0.15, 0.2) is 11.7 Å². The standard InChI is InChI=1S/C79H133N9O25/c1-58(74(99)59(2)66(26-19-37-86-79(81)82)76(101)88-68(75(80)100)52-60-28-31-63(90)32-29-60)22-17-18-36-83-70(94)55-113-51-47-109-43-39-85-72(96)57-112-50-45-107-41-21-25-65(92)54-110-48-46-108-42-38-84-71(95)56-111-49-44-106-40-20-24-62(89)33-34-67(78(104)105)87-69(93)35-30-61(77(102)103)53-64(91)23-15-13-11-9-7-5-3-4-6-8-10-12-14-16-27-73(97)98/h28-29,31-32,58-59,61,66-68,90H,3-27,30,33-57H2,1-2H3,(H2,80,100)(H,83,94)(H,84,95)(H,85,96)(H,87,93)(H,88,101)(H,97,98)(H,102,103)(H,104,105)(H4,81,82,86)/t58-,59?,61+,66+,67-,68-/m0/s1. The number of carbonyl (C=O) groups excluding carboxylic acids is 10. The third-order valence-electron chi connectivity index (χ3n) is 18.3. The first kappa shape index (κ1) is 103. The molecular formula is C79H133N9O25. The molecule has 0 radical (unpaired) electrons. The number of Topliss-reactive ketones (excluding diaryl/α,β-unsaturated/α-hetero) is 4. The number of phenols is 1. The van der Waals surface area contributed by atoms with Gasteiger partial charge in [0.1, 0.15) is 61.6 Å². The summed E-state index contributed by atoms with van der Waals surface area (Å²) >= 11 is 0. The average Bonchev–Trinajstić information content (AvgIpc) is 0.847. The van der Waals surface area contributed by atoms with Crippen LogP contribution < -0.4 is 43.8 Å². The number of rotatable bonds is 79. The van der Waals surface area contributed by atoms with E-state index in [0.717, 1.165) is 57.8 Å². The van der Waals surface area contributed by atoms with Gasteiger partial charge < -0.3 is 102 Å². The first-order valence-electron chi connectivity index (χ1n) is 40.2. The Labute approximate surface area is 665 Å². The first-order chi connectivity index (χ1) is 54.3. The van der Waals surface area contributed by atoms with Crippen molar-refractivity contribution in [1.29, 1.82) is 0 Å². The second-order valence-corrected chi connectivity index (χ2v) is 28.1. The minimum absolute atomic E-state index is 0.0475. The molecule has 0 heterocycles. The maximum Gasteiger partial charge on any atom is 0.326 e. The maximum absolute atomic E-state index is 13.6. The molecule has 0 spiro atoms. The summed E-state index contributed by atoms with van der Waals surface area (Å²) in [4.78, 5) is 164. The average molecular weight is 1610 g/mol. The fraction of sp³-hybridized carbons (Fsp3) is 0.747. The Morgan fingerprint density at radius 2 is 0.867 bits per heavy atom. The molecule has 113 heavy (non-hydrogen) atoms. The molecule has 0 aliphatic carbocycles. The van der Waals surface area contributed by atoms with E-state index in [0.29, 0.717) is 63.7 Å². The number of aliphatic carboxylic acids is 3. The summed E-state index contributed by atoms with van der Waals surface area (Å²) in [5.41, 5.74) is 17.2. The summed E-state index contributed by atoms with van der Waals surface area (Å²) in [6, 6.07) is 3.76. The molecule has 0 aromatic heterocycles. The summed E-state index contributed by atoms with van der Waals surface area (Å²) in [6.45, 7) is 6.17. The van der Waals surface area contributed by atoms with Crippen molar-refractivity contribution in [3.05, 3.63) is 29.8 Å². The summed E-state index contributed by atoms with van der Waals surface area (Å²) in [5.74, 6) is -9.91. The fourth-order valence-corrected chi connectivity index (χ4v) is 11.8. The van der Waals surface area contributed by atoms with E-state index in [9.17, 15) is 77.6 Å². The molecule has 34 nitrogen and oxygen atoms in total. The number of amides is 6. The topological polar surface area (TPSA) is 527 Å². The number of carboxylic acids is 3. The molecular weight excluding hydrogens is 1470 g/mol. The second-order valence-electron chi connectivity index (χ2n) is 28.1. The molecule has 644 valence electrons. The zero-order valence-electron chi connectivity index (χ0n) is 66.9. The molecule has 1 unspecified atom stereocenters. The molecule has 0 aliphatic heterocycles. The van der Waals surface area contributed by atoms with Gasteiger partial charge in [-0.2, -0.15) is 0 Å². The van der Waals surface area contributed by atoms with Crippen LogP contribution in [0.2, 0.25) is 0 Å². The van der Waals surface area contributed by atoms with E-state index in [2.05, 4.69) is 31.6 Å². The van der Waals surface area contributed by atoms with Crippen LogP contribution in [-0.4, -0.2) is 247 Å². The number of nitrogens with zero attached hydrogens (tertiary/aromatic N) is 1. The van der Waals surface area contributed by atoms with Gasteiger partial charge >= 0.3 is 17.9 Å². The highest BCUT2D eigenvalue weighted by Crippen LogP contribution is 2.26. The van der Waals surface area contributed by atoms with Gasteiger partial charge in [0.2, 0.25) is 35.4 Å². The number of unbranched alkanes of at least 4 members (excludes halogenated alkanes) is 14. The Bertz CT molecular complexity index is 2900. The number of nitrogens with two attached hydrogens (primary N) is 3. The van der Waals surface area contributed by atoms with Crippen molar-refractivity contribution >= 4 is 82.4 Å². The fourth-order valence-electron chi connectivity index (χ4n) is 11.8. The van der Waals surface area contributed by atoms with Crippen LogP contribution in [0.4, 0.5) is 0 Å². The van der Waals surface area contributed by atoms with E-state index in [1.54, 1.807) is 26.0 Å². The lowest BCUT2D eigenvalue weighted by Gasteiger charge is -2.26. The molecule has 1 aromatic carbocycles. The van der Waals surface area contributed by atoms with E-state index >= 15 is 0 Å². The van der Waals surface area contributed by atoms with Crippen LogP contribution in [0.1, 0.15) is 212 Å². The lowest BCUT2D eigenvalue weighted by Crippen LogP contribution is -2.49. The van der Waals surface area contributed by atoms with E-state index in [4.69, 9.17) is 60.2 Å². The number of primary amides is 1. The number of carboxylic acid groups (broad SMARTS) is 3. The zero-order valence-corrected chi connectivity index (χ0v) is 66.9. The molecule has 34 heteroatoms. The molecule has 1 rings (SSSR count). The Morgan fingerprint density at radius 1 is 0.407 bits per heavy atom. The van der Waals surface area contributed by atoms with Crippen molar-refractivity contribution in [3.8, 4) is 5.75 Å². The normalized spacial score (nSPS) is 12.8. The van der Waals surface area contributed by atoms with Crippen molar-refractivity contribution in [2.45, 2.75) is 225 Å². The van der Waals surface area contributed by atoms with Gasteiger partial charge in [0.05, 0.1) is 72.0 Å². The van der Waals surface area contributed by atoms with Crippen molar-refractivity contribution in [2.75, 3.05) is 132 Å². The number of hydrogen-bond donors (Lipinski definition) is 12. The highest BCUT2D eigenvalue weighted by atomic mass is 16.5. The number of ether oxygens (including phenoxy) is 8. The van der Waals surface area contributed by atoms with Crippen LogP contribution in [0, 0.1) is 23.7 Å². The molecule has 6 amide bonds. The summed E-state index contributed by atoms with van der Waals surface area (Å²) in [7, 11) is 0. The van der Waals surface area contributed by atoms with Crippen molar-refractivity contribution in [3.63, 3.8) is 0 Å². The largest absolute Gasteiger partial charge is 0.508 e. The number of phenolic OH excluding ortho intramolecular Hbond substituents is 1. The number of benzene rings is 1. The first-order valence-corrected chi connectivity index (χ1v) is 40.2. The molecule has 6 atom stereocenters. The van der Waals surface area contributed by atoms with Crippen molar-refractivity contribution in [2.24, 2.45) is 45.9 Å². The van der Waals surface area contributed by atoms with Crippen molar-refractivity contribution in [1.82, 2.24) is 26.6 Å². The number of guanidine groups is 1. The minimum atomic E-state index is -1.35. The molecule has 15 N–H and O–H groups in total. The van der Waals surface area contributed by atoms with E-state index in [-0.39, 0.29) is 242 Å². The van der Waals surface area contributed by atoms with Gasteiger partial charge in [-0.25, -0.2) is 4.79 Å². The highest BCUT2D eigenvalue weighted by molar-refractivity contribution is 5.92. The lowest BCUT2D eigenvalue weighted by molar-refractivity contribution is -0.145. The zero-order chi connectivity index (χ0) is 83.5. The molecule has 1 aromatic rings. The number of ketones is 4. The minimum Gasteiger partial charge on any atom is -0.508 e. The Morgan fingerprint density at radius 3 is 1.35 bits per heavy atom. The number of aliphatic imine (C=N–C) groups is 1. The van der Waals surface area contributed by atoms with Crippen LogP contribution >= 0.6 is 0 Å². The quantitative estimate of drug-likeness (QED) is 0.0235. The predicted molar refractivity (Wildman–Crippen MR) is 418 cm³/mol. The SMILES string of the molecule is CC(C(=O)[C@@H](C)CCCCNC(=O)COCCOCCNC(=O)COCCOCCCC(=O)COCCOCCNC(=O)COCCOCCCC(=O)CC[C@H](NC(=O)CC[C@H](CC(=O)CCCCCCCCCCCCCCCCC(=O)O)C(=O)O)C(=O)O)[C@@H](CCCN=C(N)N)C(=O)N[C@@H](Cc1ccc(O)cc1)C(N)=O. The van der Waals surface area contributed by atoms with Gasteiger partial charge in [-0.15, -0.1) is 0 Å². The Kier molecular flexibility index (Phi) is 62.2.